The highest BCUT2D eigenvalue weighted by Gasteiger charge is 2.06. The number of amides is 2. The number of rotatable bonds is 3. The minimum absolute atomic E-state index is 0.0658. The molecule has 0 aliphatic rings. The molecule has 20 heavy (non-hydrogen) atoms. The molecule has 0 radical (unpaired) electrons. The van der Waals surface area contributed by atoms with Gasteiger partial charge in [-0.3, -0.25) is 0 Å². The van der Waals surface area contributed by atoms with Crippen molar-refractivity contribution >= 4 is 11.7 Å². The van der Waals surface area contributed by atoms with E-state index in [4.69, 9.17) is 0 Å². The number of hydrogen-bond donors (Lipinski definition) is 3. The molecule has 0 saturated carbocycles. The minimum Gasteiger partial charge on any atom is -0.506 e. The van der Waals surface area contributed by atoms with Crippen LogP contribution in [0.1, 0.15) is 16.7 Å². The standard InChI is InChI=1S/C16H18N2O2/c1-11-7-8-14(15(19)9-11)18-16(20)17-10-13-6-4-3-5-12(13)2/h3-9,19H,10H2,1-2H3,(H2,17,18,20). The summed E-state index contributed by atoms with van der Waals surface area (Å²) >= 11 is 0. The van der Waals surface area contributed by atoms with Crippen molar-refractivity contribution in [3.8, 4) is 5.75 Å². The number of phenolic OH excluding ortho intramolecular Hbond substituents is 1. The van der Waals surface area contributed by atoms with Crippen molar-refractivity contribution in [3.05, 3.63) is 59.2 Å². The van der Waals surface area contributed by atoms with Gasteiger partial charge in [-0.2, -0.15) is 0 Å². The van der Waals surface area contributed by atoms with Gasteiger partial charge in [-0.05, 0) is 42.7 Å². The van der Waals surface area contributed by atoms with Crippen LogP contribution in [0.15, 0.2) is 42.5 Å². The first-order valence-corrected chi connectivity index (χ1v) is 6.45. The normalized spacial score (nSPS) is 10.1. The summed E-state index contributed by atoms with van der Waals surface area (Å²) in [6.07, 6.45) is 0. The first kappa shape index (κ1) is 13.9. The Kier molecular flexibility index (Phi) is 4.25. The first-order chi connectivity index (χ1) is 9.56. The van der Waals surface area contributed by atoms with Crippen LogP contribution in [-0.4, -0.2) is 11.1 Å². The van der Waals surface area contributed by atoms with Crippen LogP contribution in [0.25, 0.3) is 0 Å². The lowest BCUT2D eigenvalue weighted by Gasteiger charge is -2.10. The fourth-order valence-corrected chi connectivity index (χ4v) is 1.90. The van der Waals surface area contributed by atoms with E-state index in [1.165, 1.54) is 0 Å². The van der Waals surface area contributed by atoms with Crippen LogP contribution in [0.3, 0.4) is 0 Å². The summed E-state index contributed by atoms with van der Waals surface area (Å²) in [6, 6.07) is 12.6. The molecule has 3 N–H and O–H groups in total. The average Bonchev–Trinajstić information content (AvgIpc) is 2.41. The Morgan fingerprint density at radius 2 is 1.90 bits per heavy atom. The molecule has 2 amide bonds. The van der Waals surface area contributed by atoms with E-state index in [1.54, 1.807) is 12.1 Å². The Balaban J connectivity index is 1.94. The van der Waals surface area contributed by atoms with E-state index in [2.05, 4.69) is 10.6 Å². The highest BCUT2D eigenvalue weighted by atomic mass is 16.3. The number of hydrogen-bond acceptors (Lipinski definition) is 2. The molecule has 0 unspecified atom stereocenters. The lowest BCUT2D eigenvalue weighted by Crippen LogP contribution is -2.28. The molecule has 2 aromatic carbocycles. The predicted molar refractivity (Wildman–Crippen MR) is 79.9 cm³/mol. The quantitative estimate of drug-likeness (QED) is 0.749. The lowest BCUT2D eigenvalue weighted by atomic mass is 10.1. The van der Waals surface area contributed by atoms with Crippen LogP contribution in [-0.2, 0) is 6.54 Å². The van der Waals surface area contributed by atoms with E-state index in [1.807, 2.05) is 44.2 Å². The van der Waals surface area contributed by atoms with Gasteiger partial charge in [0.15, 0.2) is 0 Å². The second-order valence-electron chi connectivity index (χ2n) is 4.75. The van der Waals surface area contributed by atoms with E-state index in [0.717, 1.165) is 16.7 Å². The van der Waals surface area contributed by atoms with Crippen molar-refractivity contribution in [3.63, 3.8) is 0 Å². The lowest BCUT2D eigenvalue weighted by molar-refractivity contribution is 0.251. The number of nitrogens with one attached hydrogen (secondary N) is 2. The third-order valence-corrected chi connectivity index (χ3v) is 3.10. The van der Waals surface area contributed by atoms with Crippen LogP contribution in [0.5, 0.6) is 5.75 Å². The zero-order chi connectivity index (χ0) is 14.5. The molecule has 0 fully saturated rings. The molecule has 0 bridgehead atoms. The smallest absolute Gasteiger partial charge is 0.319 e. The molecular formula is C16H18N2O2. The molecular weight excluding hydrogens is 252 g/mol. The molecule has 4 nitrogen and oxygen atoms in total. The third kappa shape index (κ3) is 3.51. The Morgan fingerprint density at radius 1 is 1.15 bits per heavy atom. The van der Waals surface area contributed by atoms with Gasteiger partial charge in [0.2, 0.25) is 0 Å². The van der Waals surface area contributed by atoms with Crippen LogP contribution in [0, 0.1) is 13.8 Å². The molecule has 0 aromatic heterocycles. The number of anilines is 1. The molecule has 2 aromatic rings. The molecule has 104 valence electrons. The summed E-state index contributed by atoms with van der Waals surface area (Å²) < 4.78 is 0. The fraction of sp³-hybridized carbons (Fsp3) is 0.188. The number of urea groups is 1. The molecule has 4 heteroatoms. The van der Waals surface area contributed by atoms with Gasteiger partial charge in [-0.25, -0.2) is 4.79 Å². The fourth-order valence-electron chi connectivity index (χ4n) is 1.90. The molecule has 2 rings (SSSR count). The maximum Gasteiger partial charge on any atom is 0.319 e. The number of aryl methyl sites for hydroxylation is 2. The van der Waals surface area contributed by atoms with Gasteiger partial charge in [-0.15, -0.1) is 0 Å². The highest BCUT2D eigenvalue weighted by molar-refractivity contribution is 5.90. The Bertz CT molecular complexity index is 624. The second kappa shape index (κ2) is 6.10. The number of carbonyl (C=O) groups excluding carboxylic acids is 1. The predicted octanol–water partition coefficient (Wildman–Crippen LogP) is 3.33. The third-order valence-electron chi connectivity index (χ3n) is 3.10. The van der Waals surface area contributed by atoms with Crippen molar-refractivity contribution < 1.29 is 9.90 Å². The molecule has 0 spiro atoms. The van der Waals surface area contributed by atoms with Crippen molar-refractivity contribution in [2.24, 2.45) is 0 Å². The van der Waals surface area contributed by atoms with E-state index in [0.29, 0.717) is 12.2 Å². The van der Waals surface area contributed by atoms with Crippen LogP contribution in [0.2, 0.25) is 0 Å². The zero-order valence-electron chi connectivity index (χ0n) is 11.6. The van der Waals surface area contributed by atoms with Gasteiger partial charge in [-0.1, -0.05) is 30.3 Å². The van der Waals surface area contributed by atoms with Crippen molar-refractivity contribution in [1.29, 1.82) is 0 Å². The van der Waals surface area contributed by atoms with Gasteiger partial charge >= 0.3 is 6.03 Å². The van der Waals surface area contributed by atoms with Crippen LogP contribution >= 0.6 is 0 Å². The van der Waals surface area contributed by atoms with Crippen molar-refractivity contribution in [2.45, 2.75) is 20.4 Å². The number of benzene rings is 2. The van der Waals surface area contributed by atoms with E-state index in [9.17, 15) is 9.90 Å². The maximum atomic E-state index is 11.8. The van der Waals surface area contributed by atoms with E-state index in [-0.39, 0.29) is 11.8 Å². The maximum absolute atomic E-state index is 11.8. The number of phenols is 1. The van der Waals surface area contributed by atoms with Gasteiger partial charge in [0, 0.05) is 6.54 Å². The monoisotopic (exact) mass is 270 g/mol. The van der Waals surface area contributed by atoms with E-state index < -0.39 is 0 Å². The first-order valence-electron chi connectivity index (χ1n) is 6.45. The molecule has 0 aliphatic heterocycles. The van der Waals surface area contributed by atoms with Crippen LogP contribution in [0.4, 0.5) is 10.5 Å². The largest absolute Gasteiger partial charge is 0.506 e. The summed E-state index contributed by atoms with van der Waals surface area (Å²) in [5.74, 6) is 0.0658. The van der Waals surface area contributed by atoms with Gasteiger partial charge in [0.05, 0.1) is 5.69 Å². The van der Waals surface area contributed by atoms with Gasteiger partial charge in [0.1, 0.15) is 5.75 Å². The molecule has 0 saturated heterocycles. The van der Waals surface area contributed by atoms with Gasteiger partial charge < -0.3 is 15.7 Å². The summed E-state index contributed by atoms with van der Waals surface area (Å²) in [4.78, 5) is 11.8. The van der Waals surface area contributed by atoms with E-state index >= 15 is 0 Å². The molecule has 0 atom stereocenters. The second-order valence-corrected chi connectivity index (χ2v) is 4.75. The van der Waals surface area contributed by atoms with Gasteiger partial charge in [0.25, 0.3) is 0 Å². The average molecular weight is 270 g/mol. The Hall–Kier alpha value is -2.49. The molecule has 0 aliphatic carbocycles. The van der Waals surface area contributed by atoms with Crippen molar-refractivity contribution in [2.75, 3.05) is 5.32 Å². The Morgan fingerprint density at radius 3 is 2.60 bits per heavy atom. The summed E-state index contributed by atoms with van der Waals surface area (Å²) in [6.45, 7) is 4.33. The van der Waals surface area contributed by atoms with Crippen molar-refractivity contribution in [1.82, 2.24) is 5.32 Å². The topological polar surface area (TPSA) is 61.4 Å². The van der Waals surface area contributed by atoms with Crippen LogP contribution < -0.4 is 10.6 Å². The minimum atomic E-state index is -0.340. The summed E-state index contributed by atoms with van der Waals surface area (Å²) in [5, 5.41) is 15.1. The number of carbonyl (C=O) groups is 1. The summed E-state index contributed by atoms with van der Waals surface area (Å²) in [5.41, 5.74) is 3.54. The highest BCUT2D eigenvalue weighted by Crippen LogP contribution is 2.23. The SMILES string of the molecule is Cc1ccc(NC(=O)NCc2ccccc2C)c(O)c1. The summed E-state index contributed by atoms with van der Waals surface area (Å²) in [7, 11) is 0. The zero-order valence-corrected chi connectivity index (χ0v) is 11.6. The Labute approximate surface area is 118 Å². The molecule has 0 heterocycles. The number of aromatic hydroxyl groups is 1.